The van der Waals surface area contributed by atoms with E-state index >= 15 is 0 Å². The maximum Gasteiger partial charge on any atom is 0.573 e. The topological polar surface area (TPSA) is 64.1 Å². The number of thiazole rings is 1. The number of amides is 1. The highest BCUT2D eigenvalue weighted by atomic mass is 32.1. The van der Waals surface area contributed by atoms with Gasteiger partial charge in [0, 0.05) is 29.0 Å². The fourth-order valence-corrected chi connectivity index (χ4v) is 2.93. The van der Waals surface area contributed by atoms with Crippen molar-refractivity contribution in [1.82, 2.24) is 9.97 Å². The molecule has 9 heteroatoms. The number of hydrogen-bond donors (Lipinski definition) is 1. The molecule has 2 aromatic heterocycles. The predicted molar refractivity (Wildman–Crippen MR) is 90.8 cm³/mol. The van der Waals surface area contributed by atoms with Gasteiger partial charge in [0.05, 0.1) is 12.1 Å². The SMILES string of the molecule is O=C(Cc1csc(-c2cccnc2)n1)Nc1ccc(OC(F)(F)F)cc1. The van der Waals surface area contributed by atoms with Crippen LogP contribution in [0.15, 0.2) is 54.2 Å². The van der Waals surface area contributed by atoms with Crippen molar-refractivity contribution in [2.24, 2.45) is 0 Å². The maximum absolute atomic E-state index is 12.1. The standard InChI is InChI=1S/C17H12F3N3O2S/c18-17(19,20)25-14-5-3-12(4-6-14)22-15(24)8-13-10-26-16(23-13)11-2-1-7-21-9-11/h1-7,9-10H,8H2,(H,22,24). The van der Waals surface area contributed by atoms with Crippen LogP contribution in [0.4, 0.5) is 18.9 Å². The molecule has 1 N–H and O–H groups in total. The highest BCUT2D eigenvalue weighted by Crippen LogP contribution is 2.25. The summed E-state index contributed by atoms with van der Waals surface area (Å²) in [7, 11) is 0. The van der Waals surface area contributed by atoms with Gasteiger partial charge in [0.2, 0.25) is 5.91 Å². The van der Waals surface area contributed by atoms with E-state index in [4.69, 9.17) is 0 Å². The molecule has 1 aromatic carbocycles. The van der Waals surface area contributed by atoms with Crippen LogP contribution >= 0.6 is 11.3 Å². The van der Waals surface area contributed by atoms with Crippen LogP contribution in [0, 0.1) is 0 Å². The Hall–Kier alpha value is -2.94. The molecule has 0 saturated carbocycles. The average molecular weight is 379 g/mol. The molecule has 0 bridgehead atoms. The van der Waals surface area contributed by atoms with Gasteiger partial charge in [0.1, 0.15) is 10.8 Å². The zero-order chi connectivity index (χ0) is 18.6. The second kappa shape index (κ2) is 7.52. The first-order valence-corrected chi connectivity index (χ1v) is 8.27. The lowest BCUT2D eigenvalue weighted by Gasteiger charge is -2.09. The molecule has 0 radical (unpaired) electrons. The number of halogens is 3. The van der Waals surface area contributed by atoms with Crippen molar-refractivity contribution in [3.05, 3.63) is 59.9 Å². The summed E-state index contributed by atoms with van der Waals surface area (Å²) in [4.78, 5) is 20.5. The van der Waals surface area contributed by atoms with Gasteiger partial charge in [-0.15, -0.1) is 24.5 Å². The van der Waals surface area contributed by atoms with Gasteiger partial charge in [0.25, 0.3) is 0 Å². The van der Waals surface area contributed by atoms with Crippen LogP contribution in [-0.2, 0) is 11.2 Å². The van der Waals surface area contributed by atoms with Crippen molar-refractivity contribution in [1.29, 1.82) is 0 Å². The number of benzene rings is 1. The van der Waals surface area contributed by atoms with Gasteiger partial charge in [-0.1, -0.05) is 0 Å². The largest absolute Gasteiger partial charge is 0.573 e. The van der Waals surface area contributed by atoms with E-state index in [-0.39, 0.29) is 18.1 Å². The number of anilines is 1. The van der Waals surface area contributed by atoms with Crippen LogP contribution in [0.3, 0.4) is 0 Å². The first-order valence-electron chi connectivity index (χ1n) is 7.39. The van der Waals surface area contributed by atoms with Crippen molar-refractivity contribution in [2.45, 2.75) is 12.8 Å². The van der Waals surface area contributed by atoms with Gasteiger partial charge in [-0.05, 0) is 36.4 Å². The molecule has 0 atom stereocenters. The molecule has 2 heterocycles. The van der Waals surface area contributed by atoms with E-state index in [1.165, 1.54) is 23.5 Å². The number of nitrogens with one attached hydrogen (secondary N) is 1. The number of rotatable bonds is 5. The fourth-order valence-electron chi connectivity index (χ4n) is 2.12. The molecule has 1 amide bonds. The lowest BCUT2D eigenvalue weighted by atomic mass is 10.2. The molecule has 0 aliphatic carbocycles. The smallest absolute Gasteiger partial charge is 0.406 e. The van der Waals surface area contributed by atoms with Gasteiger partial charge in [-0.25, -0.2) is 4.98 Å². The third kappa shape index (κ3) is 5.03. The van der Waals surface area contributed by atoms with E-state index in [0.29, 0.717) is 11.4 Å². The number of ether oxygens (including phenoxy) is 1. The molecule has 0 saturated heterocycles. The van der Waals surface area contributed by atoms with Crippen molar-refractivity contribution in [2.75, 3.05) is 5.32 Å². The summed E-state index contributed by atoms with van der Waals surface area (Å²) in [6.07, 6.45) is -1.34. The summed E-state index contributed by atoms with van der Waals surface area (Å²) in [5, 5.41) is 5.14. The molecule has 0 spiro atoms. The Balaban J connectivity index is 1.58. The van der Waals surface area contributed by atoms with Crippen molar-refractivity contribution in [3.63, 3.8) is 0 Å². The van der Waals surface area contributed by atoms with Crippen LogP contribution in [-0.4, -0.2) is 22.2 Å². The molecule has 3 rings (SSSR count). The first kappa shape index (κ1) is 17.9. The van der Waals surface area contributed by atoms with Crippen molar-refractivity contribution < 1.29 is 22.7 Å². The summed E-state index contributed by atoms with van der Waals surface area (Å²) in [5.41, 5.74) is 1.83. The van der Waals surface area contributed by atoms with Crippen LogP contribution in [0.2, 0.25) is 0 Å². The number of carbonyl (C=O) groups excluding carboxylic acids is 1. The molecule has 26 heavy (non-hydrogen) atoms. The van der Waals surface area contributed by atoms with E-state index in [2.05, 4.69) is 20.0 Å². The second-order valence-corrected chi connectivity index (χ2v) is 6.04. The molecule has 0 unspecified atom stereocenters. The Morgan fingerprint density at radius 2 is 1.96 bits per heavy atom. The third-order valence-electron chi connectivity index (χ3n) is 3.17. The Bertz CT molecular complexity index is 880. The Morgan fingerprint density at radius 1 is 1.19 bits per heavy atom. The summed E-state index contributed by atoms with van der Waals surface area (Å²) < 4.78 is 40.1. The van der Waals surface area contributed by atoms with Gasteiger partial charge in [-0.2, -0.15) is 0 Å². The van der Waals surface area contributed by atoms with Crippen molar-refractivity contribution in [3.8, 4) is 16.3 Å². The Labute approximate surface area is 150 Å². The Morgan fingerprint density at radius 3 is 2.62 bits per heavy atom. The minimum atomic E-state index is -4.75. The summed E-state index contributed by atoms with van der Waals surface area (Å²) in [5.74, 6) is -0.673. The summed E-state index contributed by atoms with van der Waals surface area (Å²) in [6, 6.07) is 8.61. The summed E-state index contributed by atoms with van der Waals surface area (Å²) in [6.45, 7) is 0. The number of alkyl halides is 3. The molecular formula is C17H12F3N3O2S. The number of nitrogens with zero attached hydrogens (tertiary/aromatic N) is 2. The van der Waals surface area contributed by atoms with E-state index in [1.807, 2.05) is 6.07 Å². The molecule has 0 aliphatic rings. The van der Waals surface area contributed by atoms with Crippen LogP contribution in [0.5, 0.6) is 5.75 Å². The van der Waals surface area contributed by atoms with Gasteiger partial charge < -0.3 is 10.1 Å². The number of carbonyl (C=O) groups is 1. The second-order valence-electron chi connectivity index (χ2n) is 5.18. The first-order chi connectivity index (χ1) is 12.4. The maximum atomic E-state index is 12.1. The number of pyridine rings is 1. The highest BCUT2D eigenvalue weighted by molar-refractivity contribution is 7.13. The third-order valence-corrected chi connectivity index (χ3v) is 4.11. The fraction of sp³-hybridized carbons (Fsp3) is 0.118. The molecule has 134 valence electrons. The average Bonchev–Trinajstić information content (AvgIpc) is 3.04. The van der Waals surface area contributed by atoms with Crippen LogP contribution < -0.4 is 10.1 Å². The van der Waals surface area contributed by atoms with Crippen molar-refractivity contribution >= 4 is 22.9 Å². The Kier molecular flexibility index (Phi) is 5.17. The minimum Gasteiger partial charge on any atom is -0.406 e. The van der Waals surface area contributed by atoms with E-state index in [0.717, 1.165) is 22.7 Å². The monoisotopic (exact) mass is 379 g/mol. The molecule has 0 aliphatic heterocycles. The highest BCUT2D eigenvalue weighted by Gasteiger charge is 2.30. The number of hydrogen-bond acceptors (Lipinski definition) is 5. The van der Waals surface area contributed by atoms with Gasteiger partial charge >= 0.3 is 6.36 Å². The summed E-state index contributed by atoms with van der Waals surface area (Å²) >= 11 is 1.40. The normalized spacial score (nSPS) is 11.2. The van der Waals surface area contributed by atoms with E-state index in [1.54, 1.807) is 23.8 Å². The molecule has 0 fully saturated rings. The van der Waals surface area contributed by atoms with Gasteiger partial charge in [0.15, 0.2) is 0 Å². The van der Waals surface area contributed by atoms with E-state index < -0.39 is 6.36 Å². The molecule has 5 nitrogen and oxygen atoms in total. The zero-order valence-electron chi connectivity index (χ0n) is 13.2. The minimum absolute atomic E-state index is 0.0531. The molecular weight excluding hydrogens is 367 g/mol. The lowest BCUT2D eigenvalue weighted by molar-refractivity contribution is -0.274. The predicted octanol–water partition coefficient (Wildman–Crippen LogP) is 4.28. The quantitative estimate of drug-likeness (QED) is 0.719. The number of aromatic nitrogens is 2. The molecule has 3 aromatic rings. The zero-order valence-corrected chi connectivity index (χ0v) is 14.0. The lowest BCUT2D eigenvalue weighted by Crippen LogP contribution is -2.17. The van der Waals surface area contributed by atoms with Crippen LogP contribution in [0.1, 0.15) is 5.69 Å². The van der Waals surface area contributed by atoms with Crippen LogP contribution in [0.25, 0.3) is 10.6 Å². The van der Waals surface area contributed by atoms with Gasteiger partial charge in [-0.3, -0.25) is 9.78 Å². The van der Waals surface area contributed by atoms with E-state index in [9.17, 15) is 18.0 Å².